The number of hydrogen-bond acceptors (Lipinski definition) is 2. The van der Waals surface area contributed by atoms with Crippen LogP contribution in [-0.2, 0) is 6.54 Å². The van der Waals surface area contributed by atoms with Crippen LogP contribution in [0.3, 0.4) is 0 Å². The van der Waals surface area contributed by atoms with Crippen molar-refractivity contribution in [2.45, 2.75) is 71.5 Å². The lowest BCUT2D eigenvalue weighted by atomic mass is 9.97. The Kier molecular flexibility index (Phi) is 6.56. The summed E-state index contributed by atoms with van der Waals surface area (Å²) in [5.74, 6) is 0. The quantitative estimate of drug-likeness (QED) is 0.765. The fourth-order valence-electron chi connectivity index (χ4n) is 3.17. The number of nitrogens with zero attached hydrogens (tertiary/aromatic N) is 1. The molecule has 0 radical (unpaired) electrons. The fraction of sp³-hybridized carbons (Fsp3) is 0.667. The number of rotatable bonds is 6. The standard InChI is InChI=1S/C18H29BrN2/c1-4-7-16-8-5-6-11-21(16)18-10-9-15(12-17(18)19)13-20-14(2)3/h9-10,12,14,16,20H,4-8,11,13H2,1-3H3. The number of benzene rings is 1. The molecule has 1 aromatic rings. The van der Waals surface area contributed by atoms with E-state index in [0.29, 0.717) is 6.04 Å². The Hall–Kier alpha value is -0.540. The number of halogens is 1. The van der Waals surface area contributed by atoms with Crippen molar-refractivity contribution >= 4 is 21.6 Å². The van der Waals surface area contributed by atoms with Gasteiger partial charge in [-0.25, -0.2) is 0 Å². The Morgan fingerprint density at radius 1 is 1.33 bits per heavy atom. The van der Waals surface area contributed by atoms with E-state index in [2.05, 4.69) is 65.1 Å². The smallest absolute Gasteiger partial charge is 0.0513 e. The Balaban J connectivity index is 2.11. The molecule has 21 heavy (non-hydrogen) atoms. The predicted octanol–water partition coefficient (Wildman–Crippen LogP) is 5.11. The molecule has 0 bridgehead atoms. The lowest BCUT2D eigenvalue weighted by Crippen LogP contribution is -2.39. The van der Waals surface area contributed by atoms with Gasteiger partial charge in [0.15, 0.2) is 0 Å². The Morgan fingerprint density at radius 3 is 2.81 bits per heavy atom. The van der Waals surface area contributed by atoms with Gasteiger partial charge in [-0.05, 0) is 59.3 Å². The van der Waals surface area contributed by atoms with Crippen molar-refractivity contribution in [2.24, 2.45) is 0 Å². The topological polar surface area (TPSA) is 15.3 Å². The lowest BCUT2D eigenvalue weighted by molar-refractivity contribution is 0.434. The lowest BCUT2D eigenvalue weighted by Gasteiger charge is -2.38. The number of nitrogens with one attached hydrogen (secondary N) is 1. The number of piperidine rings is 1. The van der Waals surface area contributed by atoms with Crippen LogP contribution in [0.15, 0.2) is 22.7 Å². The van der Waals surface area contributed by atoms with Gasteiger partial charge in [0, 0.05) is 29.6 Å². The van der Waals surface area contributed by atoms with Crippen LogP contribution in [0, 0.1) is 0 Å². The van der Waals surface area contributed by atoms with Gasteiger partial charge in [0.05, 0.1) is 5.69 Å². The molecule has 1 saturated heterocycles. The third-order valence-corrected chi connectivity index (χ3v) is 4.92. The van der Waals surface area contributed by atoms with Crippen molar-refractivity contribution in [1.82, 2.24) is 5.32 Å². The molecule has 1 atom stereocenters. The third-order valence-electron chi connectivity index (χ3n) is 4.28. The molecule has 0 saturated carbocycles. The normalized spacial score (nSPS) is 19.3. The Labute approximate surface area is 138 Å². The summed E-state index contributed by atoms with van der Waals surface area (Å²) < 4.78 is 1.24. The molecule has 0 spiro atoms. The van der Waals surface area contributed by atoms with Crippen molar-refractivity contribution in [3.63, 3.8) is 0 Å². The van der Waals surface area contributed by atoms with Crippen LogP contribution < -0.4 is 10.2 Å². The van der Waals surface area contributed by atoms with Gasteiger partial charge < -0.3 is 10.2 Å². The molecule has 0 aromatic heterocycles. The highest BCUT2D eigenvalue weighted by molar-refractivity contribution is 9.10. The van der Waals surface area contributed by atoms with E-state index < -0.39 is 0 Å². The summed E-state index contributed by atoms with van der Waals surface area (Å²) in [5.41, 5.74) is 2.73. The summed E-state index contributed by atoms with van der Waals surface area (Å²) in [6.07, 6.45) is 6.63. The first kappa shape index (κ1) is 16.8. The minimum Gasteiger partial charge on any atom is -0.368 e. The summed E-state index contributed by atoms with van der Waals surface area (Å²) >= 11 is 3.80. The largest absolute Gasteiger partial charge is 0.368 e. The molecular weight excluding hydrogens is 324 g/mol. The van der Waals surface area contributed by atoms with Gasteiger partial charge in [-0.1, -0.05) is 33.3 Å². The van der Waals surface area contributed by atoms with E-state index in [0.717, 1.165) is 12.6 Å². The molecule has 3 heteroatoms. The molecule has 1 unspecified atom stereocenters. The van der Waals surface area contributed by atoms with Crippen LogP contribution >= 0.6 is 15.9 Å². The maximum Gasteiger partial charge on any atom is 0.0513 e. The molecule has 0 amide bonds. The minimum atomic E-state index is 0.527. The summed E-state index contributed by atoms with van der Waals surface area (Å²) in [5, 5.41) is 3.48. The monoisotopic (exact) mass is 352 g/mol. The minimum absolute atomic E-state index is 0.527. The zero-order valence-electron chi connectivity index (χ0n) is 13.7. The van der Waals surface area contributed by atoms with E-state index in [9.17, 15) is 0 Å². The fourth-order valence-corrected chi connectivity index (χ4v) is 3.82. The van der Waals surface area contributed by atoms with Crippen molar-refractivity contribution in [2.75, 3.05) is 11.4 Å². The zero-order chi connectivity index (χ0) is 15.2. The second kappa shape index (κ2) is 8.19. The molecule has 1 aromatic carbocycles. The molecule has 118 valence electrons. The first-order valence-electron chi connectivity index (χ1n) is 8.40. The van der Waals surface area contributed by atoms with Gasteiger partial charge in [0.2, 0.25) is 0 Å². The van der Waals surface area contributed by atoms with Gasteiger partial charge >= 0.3 is 0 Å². The van der Waals surface area contributed by atoms with Crippen molar-refractivity contribution in [3.05, 3.63) is 28.2 Å². The summed E-state index contributed by atoms with van der Waals surface area (Å²) in [6.45, 7) is 8.81. The van der Waals surface area contributed by atoms with Crippen LogP contribution in [0.4, 0.5) is 5.69 Å². The molecule has 2 nitrogen and oxygen atoms in total. The van der Waals surface area contributed by atoms with Crippen LogP contribution in [0.25, 0.3) is 0 Å². The maximum atomic E-state index is 3.80. The highest BCUT2D eigenvalue weighted by atomic mass is 79.9. The SMILES string of the molecule is CCCC1CCCCN1c1ccc(CNC(C)C)cc1Br. The molecule has 2 rings (SSSR count). The van der Waals surface area contributed by atoms with Crippen LogP contribution in [0.1, 0.15) is 58.4 Å². The van der Waals surface area contributed by atoms with Crippen molar-refractivity contribution in [1.29, 1.82) is 0 Å². The maximum absolute atomic E-state index is 3.80. The summed E-state index contributed by atoms with van der Waals surface area (Å²) in [7, 11) is 0. The zero-order valence-corrected chi connectivity index (χ0v) is 15.2. The van der Waals surface area contributed by atoms with Gasteiger partial charge in [0.1, 0.15) is 0 Å². The van der Waals surface area contributed by atoms with Crippen LogP contribution in [-0.4, -0.2) is 18.6 Å². The van der Waals surface area contributed by atoms with E-state index in [4.69, 9.17) is 0 Å². The van der Waals surface area contributed by atoms with Crippen molar-refractivity contribution < 1.29 is 0 Å². The van der Waals surface area contributed by atoms with Gasteiger partial charge in [-0.2, -0.15) is 0 Å². The second-order valence-electron chi connectivity index (χ2n) is 6.45. The molecule has 0 aliphatic carbocycles. The van der Waals surface area contributed by atoms with Crippen molar-refractivity contribution in [3.8, 4) is 0 Å². The highest BCUT2D eigenvalue weighted by Gasteiger charge is 2.23. The molecule has 1 heterocycles. The van der Waals surface area contributed by atoms with E-state index in [-0.39, 0.29) is 0 Å². The summed E-state index contributed by atoms with van der Waals surface area (Å²) in [6, 6.07) is 8.10. The Morgan fingerprint density at radius 2 is 2.14 bits per heavy atom. The van der Waals surface area contributed by atoms with Gasteiger partial charge in [0.25, 0.3) is 0 Å². The van der Waals surface area contributed by atoms with E-state index in [1.165, 1.54) is 54.4 Å². The average molecular weight is 353 g/mol. The predicted molar refractivity (Wildman–Crippen MR) is 96.0 cm³/mol. The third kappa shape index (κ3) is 4.72. The molecule has 1 aliphatic rings. The average Bonchev–Trinajstić information content (AvgIpc) is 2.46. The van der Waals surface area contributed by atoms with Crippen LogP contribution in [0.5, 0.6) is 0 Å². The molecular formula is C18H29BrN2. The Bertz CT molecular complexity index is 443. The molecule has 1 fully saturated rings. The molecule has 1 aliphatic heterocycles. The first-order valence-corrected chi connectivity index (χ1v) is 9.19. The van der Waals surface area contributed by atoms with Crippen LogP contribution in [0.2, 0.25) is 0 Å². The number of anilines is 1. The van der Waals surface area contributed by atoms with E-state index in [1.807, 2.05) is 0 Å². The highest BCUT2D eigenvalue weighted by Crippen LogP contribution is 2.33. The van der Waals surface area contributed by atoms with Gasteiger partial charge in [-0.3, -0.25) is 0 Å². The number of hydrogen-bond donors (Lipinski definition) is 1. The second-order valence-corrected chi connectivity index (χ2v) is 7.31. The van der Waals surface area contributed by atoms with E-state index in [1.54, 1.807) is 0 Å². The van der Waals surface area contributed by atoms with E-state index >= 15 is 0 Å². The summed E-state index contributed by atoms with van der Waals surface area (Å²) in [4.78, 5) is 2.62. The molecule has 1 N–H and O–H groups in total. The first-order chi connectivity index (χ1) is 10.1. The van der Waals surface area contributed by atoms with Gasteiger partial charge in [-0.15, -0.1) is 0 Å².